The first-order chi connectivity index (χ1) is 9.97. The number of amides is 2. The van der Waals surface area contributed by atoms with Gasteiger partial charge in [-0.1, -0.05) is 12.1 Å². The lowest BCUT2D eigenvalue weighted by atomic mass is 10.1. The van der Waals surface area contributed by atoms with E-state index in [1.807, 2.05) is 6.07 Å². The maximum atomic E-state index is 11.8. The maximum absolute atomic E-state index is 11.8. The largest absolute Gasteiger partial charge is 0.505 e. The molecule has 21 heavy (non-hydrogen) atoms. The minimum atomic E-state index is -0.756. The number of nitrogens with two attached hydrogens (primary N) is 1. The van der Waals surface area contributed by atoms with Crippen LogP contribution < -0.4 is 10.6 Å². The summed E-state index contributed by atoms with van der Waals surface area (Å²) >= 11 is 6.48. The van der Waals surface area contributed by atoms with Crippen LogP contribution in [0, 0.1) is 11.3 Å². The first kappa shape index (κ1) is 15.4. The van der Waals surface area contributed by atoms with E-state index < -0.39 is 6.03 Å². The number of para-hydroxylation sites is 1. The third-order valence-corrected chi connectivity index (χ3v) is 4.24. The number of halogens is 2. The van der Waals surface area contributed by atoms with Crippen LogP contribution in [0.3, 0.4) is 0 Å². The quantitative estimate of drug-likeness (QED) is 0.783. The lowest BCUT2D eigenvalue weighted by Crippen LogP contribution is -2.31. The van der Waals surface area contributed by atoms with E-state index in [-0.39, 0.29) is 21.5 Å². The molecule has 0 aliphatic heterocycles. The summed E-state index contributed by atoms with van der Waals surface area (Å²) in [6, 6.07) is 11.1. The highest BCUT2D eigenvalue weighted by Crippen LogP contribution is 2.41. The summed E-state index contributed by atoms with van der Waals surface area (Å²) in [5.41, 5.74) is 6.36. The number of hydrogen-bond acceptors (Lipinski definition) is 3. The fourth-order valence-corrected chi connectivity index (χ4v) is 2.71. The Hall–Kier alpha value is -2.04. The van der Waals surface area contributed by atoms with Crippen molar-refractivity contribution in [2.24, 2.45) is 5.73 Å². The zero-order chi connectivity index (χ0) is 15.6. The average Bonchev–Trinajstić information content (AvgIpc) is 2.45. The second-order valence-electron chi connectivity index (χ2n) is 4.03. The van der Waals surface area contributed by atoms with E-state index in [4.69, 9.17) is 11.0 Å². The second-order valence-corrected chi connectivity index (χ2v) is 5.68. The third-order valence-electron chi connectivity index (χ3n) is 2.77. The molecule has 0 radical (unpaired) electrons. The van der Waals surface area contributed by atoms with Crippen molar-refractivity contribution in [3.05, 3.63) is 50.9 Å². The molecule has 106 valence electrons. The number of carbonyl (C=O) groups is 1. The topological polar surface area (TPSA) is 90.4 Å². The van der Waals surface area contributed by atoms with Gasteiger partial charge in [-0.15, -0.1) is 0 Å². The molecule has 0 unspecified atom stereocenters. The van der Waals surface area contributed by atoms with Gasteiger partial charge in [0.1, 0.15) is 6.07 Å². The zero-order valence-corrected chi connectivity index (χ0v) is 13.7. The number of anilines is 2. The molecule has 0 fully saturated rings. The summed E-state index contributed by atoms with van der Waals surface area (Å²) in [6.07, 6.45) is 0. The standard InChI is InChI=1S/C14H9Br2N3O2/c15-9-3-1-2-4-10(9)19(14(18)21)11-6-5-8(7-17)12(16)13(11)20/h1-6,20H,(H2,18,21). The Balaban J connectivity index is 2.66. The van der Waals surface area contributed by atoms with Gasteiger partial charge in [-0.05, 0) is 56.1 Å². The Labute approximate surface area is 137 Å². The molecule has 0 atom stereocenters. The Bertz CT molecular complexity index is 756. The monoisotopic (exact) mass is 409 g/mol. The highest BCUT2D eigenvalue weighted by atomic mass is 79.9. The van der Waals surface area contributed by atoms with Crippen LogP contribution in [0.25, 0.3) is 0 Å². The van der Waals surface area contributed by atoms with E-state index in [1.54, 1.807) is 24.3 Å². The van der Waals surface area contributed by atoms with Gasteiger partial charge in [0.05, 0.1) is 21.4 Å². The van der Waals surface area contributed by atoms with Crippen molar-refractivity contribution < 1.29 is 9.90 Å². The lowest BCUT2D eigenvalue weighted by Gasteiger charge is -2.23. The molecule has 2 aromatic rings. The highest BCUT2D eigenvalue weighted by Gasteiger charge is 2.22. The smallest absolute Gasteiger partial charge is 0.324 e. The number of urea groups is 1. The molecule has 7 heteroatoms. The van der Waals surface area contributed by atoms with Gasteiger partial charge in [0.25, 0.3) is 0 Å². The van der Waals surface area contributed by atoms with Crippen LogP contribution in [0.5, 0.6) is 5.75 Å². The van der Waals surface area contributed by atoms with Gasteiger partial charge in [0.15, 0.2) is 5.75 Å². The number of hydrogen-bond donors (Lipinski definition) is 2. The van der Waals surface area contributed by atoms with Crippen LogP contribution in [0.4, 0.5) is 16.2 Å². The number of rotatable bonds is 2. The van der Waals surface area contributed by atoms with Crippen molar-refractivity contribution in [1.82, 2.24) is 0 Å². The fraction of sp³-hybridized carbons (Fsp3) is 0. The number of nitrogens with zero attached hydrogens (tertiary/aromatic N) is 2. The summed E-state index contributed by atoms with van der Waals surface area (Å²) in [7, 11) is 0. The number of nitriles is 1. The Morgan fingerprint density at radius 2 is 1.86 bits per heavy atom. The van der Waals surface area contributed by atoms with E-state index in [0.29, 0.717) is 10.2 Å². The summed E-state index contributed by atoms with van der Waals surface area (Å²) in [5, 5.41) is 19.2. The van der Waals surface area contributed by atoms with E-state index in [2.05, 4.69) is 31.9 Å². The molecular formula is C14H9Br2N3O2. The van der Waals surface area contributed by atoms with Crippen molar-refractivity contribution in [1.29, 1.82) is 5.26 Å². The van der Waals surface area contributed by atoms with Crippen LogP contribution >= 0.6 is 31.9 Å². The molecule has 0 bridgehead atoms. The van der Waals surface area contributed by atoms with Crippen molar-refractivity contribution in [2.45, 2.75) is 0 Å². The van der Waals surface area contributed by atoms with Crippen LogP contribution in [-0.2, 0) is 0 Å². The van der Waals surface area contributed by atoms with E-state index in [0.717, 1.165) is 4.90 Å². The molecule has 2 aromatic carbocycles. The van der Waals surface area contributed by atoms with Gasteiger partial charge in [0.2, 0.25) is 0 Å². The predicted molar refractivity (Wildman–Crippen MR) is 86.4 cm³/mol. The molecule has 2 rings (SSSR count). The second kappa shape index (κ2) is 6.16. The molecule has 0 aliphatic rings. The molecule has 2 amide bonds. The molecule has 0 heterocycles. The minimum absolute atomic E-state index is 0.181. The van der Waals surface area contributed by atoms with Gasteiger partial charge in [-0.3, -0.25) is 4.90 Å². The number of phenolic OH excluding ortho intramolecular Hbond substituents is 1. The number of phenols is 1. The van der Waals surface area contributed by atoms with Crippen molar-refractivity contribution in [3.8, 4) is 11.8 Å². The Morgan fingerprint density at radius 3 is 2.43 bits per heavy atom. The van der Waals surface area contributed by atoms with Crippen LogP contribution in [0.1, 0.15) is 5.56 Å². The molecular weight excluding hydrogens is 402 g/mol. The van der Waals surface area contributed by atoms with Gasteiger partial charge in [0, 0.05) is 4.47 Å². The first-order valence-electron chi connectivity index (χ1n) is 5.73. The van der Waals surface area contributed by atoms with E-state index in [1.165, 1.54) is 12.1 Å². The average molecular weight is 411 g/mol. The molecule has 0 aliphatic carbocycles. The van der Waals surface area contributed by atoms with Crippen LogP contribution in [0.2, 0.25) is 0 Å². The Kier molecular flexibility index (Phi) is 4.50. The SMILES string of the molecule is N#Cc1ccc(N(C(N)=O)c2ccccc2Br)c(O)c1Br. The van der Waals surface area contributed by atoms with Gasteiger partial charge >= 0.3 is 6.03 Å². The minimum Gasteiger partial charge on any atom is -0.505 e. The molecule has 5 nitrogen and oxygen atoms in total. The summed E-state index contributed by atoms with van der Waals surface area (Å²) in [6.45, 7) is 0. The molecule has 0 saturated heterocycles. The number of aromatic hydroxyl groups is 1. The molecule has 0 spiro atoms. The van der Waals surface area contributed by atoms with E-state index in [9.17, 15) is 9.90 Å². The summed E-state index contributed by atoms with van der Waals surface area (Å²) < 4.78 is 0.851. The molecule has 0 aromatic heterocycles. The summed E-state index contributed by atoms with van der Waals surface area (Å²) in [4.78, 5) is 13.0. The zero-order valence-electron chi connectivity index (χ0n) is 10.5. The normalized spacial score (nSPS) is 9.95. The van der Waals surface area contributed by atoms with Gasteiger partial charge in [-0.2, -0.15) is 5.26 Å². The summed E-state index contributed by atoms with van der Waals surface area (Å²) in [5.74, 6) is -0.233. The number of primary amides is 1. The van der Waals surface area contributed by atoms with Gasteiger partial charge < -0.3 is 10.8 Å². The maximum Gasteiger partial charge on any atom is 0.324 e. The van der Waals surface area contributed by atoms with Gasteiger partial charge in [-0.25, -0.2) is 4.79 Å². The van der Waals surface area contributed by atoms with Crippen LogP contribution in [0.15, 0.2) is 45.3 Å². The number of benzene rings is 2. The lowest BCUT2D eigenvalue weighted by molar-refractivity contribution is 0.256. The third kappa shape index (κ3) is 2.86. The van der Waals surface area contributed by atoms with Crippen molar-refractivity contribution in [2.75, 3.05) is 4.90 Å². The van der Waals surface area contributed by atoms with Crippen LogP contribution in [-0.4, -0.2) is 11.1 Å². The van der Waals surface area contributed by atoms with Crippen molar-refractivity contribution >= 4 is 49.3 Å². The molecule has 3 N–H and O–H groups in total. The highest BCUT2D eigenvalue weighted by molar-refractivity contribution is 9.11. The molecule has 0 saturated carbocycles. The number of carbonyl (C=O) groups excluding carboxylic acids is 1. The predicted octanol–water partition coefficient (Wildman–Crippen LogP) is 4.01. The first-order valence-corrected chi connectivity index (χ1v) is 7.31. The Morgan fingerprint density at radius 1 is 1.19 bits per heavy atom. The van der Waals surface area contributed by atoms with Crippen molar-refractivity contribution in [3.63, 3.8) is 0 Å². The fourth-order valence-electron chi connectivity index (χ4n) is 1.82. The van der Waals surface area contributed by atoms with E-state index >= 15 is 0 Å².